The van der Waals surface area contributed by atoms with Crippen molar-refractivity contribution in [3.8, 4) is 0 Å². The molecule has 1 aliphatic rings. The Morgan fingerprint density at radius 3 is 2.73 bits per heavy atom. The van der Waals surface area contributed by atoms with Crippen LogP contribution >= 0.6 is 0 Å². The van der Waals surface area contributed by atoms with E-state index in [4.69, 9.17) is 5.11 Å². The average Bonchev–Trinajstić information content (AvgIpc) is 1.93. The summed E-state index contributed by atoms with van der Waals surface area (Å²) in [5, 5.41) is 12.1. The molecule has 2 N–H and O–H groups in total. The summed E-state index contributed by atoms with van der Waals surface area (Å²) in [4.78, 5) is 0. The number of aliphatic hydroxyl groups excluding tert-OH is 1. The second-order valence-electron chi connectivity index (χ2n) is 3.56. The van der Waals surface area contributed by atoms with E-state index in [-0.39, 0.29) is 0 Å². The zero-order valence-corrected chi connectivity index (χ0v) is 7.34. The van der Waals surface area contributed by atoms with Gasteiger partial charge in [-0.05, 0) is 32.6 Å². The van der Waals surface area contributed by atoms with Crippen LogP contribution in [0.2, 0.25) is 0 Å². The number of aliphatic hydroxyl groups is 1. The van der Waals surface area contributed by atoms with Crippen LogP contribution in [-0.4, -0.2) is 23.8 Å². The molecule has 1 rings (SSSR count). The van der Waals surface area contributed by atoms with Crippen LogP contribution in [0.3, 0.4) is 0 Å². The van der Waals surface area contributed by atoms with Crippen LogP contribution in [0.1, 0.15) is 39.0 Å². The van der Waals surface area contributed by atoms with Crippen LogP contribution in [0.25, 0.3) is 0 Å². The van der Waals surface area contributed by atoms with E-state index in [1.165, 1.54) is 19.3 Å². The standard InChI is InChI=1S/C9H19NO/c1-8(4-3-7-11)10-9-5-2-6-9/h8-11H,2-7H2,1H3/t8-/m0/s1. The molecule has 66 valence electrons. The number of nitrogens with one attached hydrogen (secondary N) is 1. The highest BCUT2D eigenvalue weighted by molar-refractivity contribution is 4.78. The Hall–Kier alpha value is -0.0800. The van der Waals surface area contributed by atoms with Crippen molar-refractivity contribution in [1.82, 2.24) is 5.32 Å². The maximum absolute atomic E-state index is 8.59. The van der Waals surface area contributed by atoms with Crippen molar-refractivity contribution in [3.63, 3.8) is 0 Å². The van der Waals surface area contributed by atoms with Gasteiger partial charge in [0.25, 0.3) is 0 Å². The molecule has 0 saturated heterocycles. The zero-order valence-electron chi connectivity index (χ0n) is 7.34. The van der Waals surface area contributed by atoms with Gasteiger partial charge in [0.1, 0.15) is 0 Å². The molecular weight excluding hydrogens is 138 g/mol. The molecule has 0 unspecified atom stereocenters. The molecule has 0 spiro atoms. The molecule has 0 bridgehead atoms. The van der Waals surface area contributed by atoms with Crippen LogP contribution in [0, 0.1) is 0 Å². The highest BCUT2D eigenvalue weighted by atomic mass is 16.2. The summed E-state index contributed by atoms with van der Waals surface area (Å²) >= 11 is 0. The van der Waals surface area contributed by atoms with E-state index in [2.05, 4.69) is 12.2 Å². The fourth-order valence-electron chi connectivity index (χ4n) is 1.46. The summed E-state index contributed by atoms with van der Waals surface area (Å²) in [6.45, 7) is 2.53. The molecule has 0 aromatic heterocycles. The summed E-state index contributed by atoms with van der Waals surface area (Å²) < 4.78 is 0. The molecule has 0 aromatic rings. The van der Waals surface area contributed by atoms with Crippen LogP contribution in [0.4, 0.5) is 0 Å². The first kappa shape index (κ1) is 9.01. The molecule has 2 nitrogen and oxygen atoms in total. The van der Waals surface area contributed by atoms with Crippen molar-refractivity contribution in [2.45, 2.75) is 51.1 Å². The van der Waals surface area contributed by atoms with Crippen molar-refractivity contribution >= 4 is 0 Å². The van der Waals surface area contributed by atoms with Gasteiger partial charge in [0.05, 0.1) is 0 Å². The number of hydrogen-bond acceptors (Lipinski definition) is 2. The van der Waals surface area contributed by atoms with E-state index in [1.807, 2.05) is 0 Å². The Labute approximate surface area is 69.0 Å². The normalized spacial score (nSPS) is 21.3. The molecule has 0 aromatic carbocycles. The first-order chi connectivity index (χ1) is 5.33. The fourth-order valence-corrected chi connectivity index (χ4v) is 1.46. The topological polar surface area (TPSA) is 32.3 Å². The Balaban J connectivity index is 1.95. The number of rotatable bonds is 5. The molecule has 1 atom stereocenters. The minimum absolute atomic E-state index is 0.330. The van der Waals surface area contributed by atoms with E-state index in [1.54, 1.807) is 0 Å². The quantitative estimate of drug-likeness (QED) is 0.630. The second-order valence-corrected chi connectivity index (χ2v) is 3.56. The molecular formula is C9H19NO. The van der Waals surface area contributed by atoms with Gasteiger partial charge in [-0.3, -0.25) is 0 Å². The lowest BCUT2D eigenvalue weighted by atomic mass is 9.92. The van der Waals surface area contributed by atoms with Crippen LogP contribution in [-0.2, 0) is 0 Å². The van der Waals surface area contributed by atoms with Gasteiger partial charge >= 0.3 is 0 Å². The van der Waals surface area contributed by atoms with Gasteiger partial charge in [0, 0.05) is 18.7 Å². The van der Waals surface area contributed by atoms with Crippen molar-refractivity contribution in [1.29, 1.82) is 0 Å². The fraction of sp³-hybridized carbons (Fsp3) is 1.00. The third-order valence-corrected chi connectivity index (χ3v) is 2.42. The van der Waals surface area contributed by atoms with Crippen molar-refractivity contribution < 1.29 is 5.11 Å². The monoisotopic (exact) mass is 157 g/mol. The predicted octanol–water partition coefficient (Wildman–Crippen LogP) is 1.29. The zero-order chi connectivity index (χ0) is 8.10. The molecule has 0 radical (unpaired) electrons. The maximum Gasteiger partial charge on any atom is 0.0431 e. The molecule has 2 heteroatoms. The van der Waals surface area contributed by atoms with Gasteiger partial charge < -0.3 is 10.4 Å². The maximum atomic E-state index is 8.59. The highest BCUT2D eigenvalue weighted by Gasteiger charge is 2.18. The van der Waals surface area contributed by atoms with Gasteiger partial charge in [-0.1, -0.05) is 6.42 Å². The second kappa shape index (κ2) is 4.73. The van der Waals surface area contributed by atoms with Crippen LogP contribution in [0.5, 0.6) is 0 Å². The van der Waals surface area contributed by atoms with E-state index >= 15 is 0 Å². The summed E-state index contributed by atoms with van der Waals surface area (Å²) in [5.74, 6) is 0. The molecule has 0 amide bonds. The van der Waals surface area contributed by atoms with Gasteiger partial charge in [-0.15, -0.1) is 0 Å². The van der Waals surface area contributed by atoms with Gasteiger partial charge in [-0.2, -0.15) is 0 Å². The van der Waals surface area contributed by atoms with Crippen molar-refractivity contribution in [3.05, 3.63) is 0 Å². The van der Waals surface area contributed by atoms with Crippen molar-refractivity contribution in [2.24, 2.45) is 0 Å². The third kappa shape index (κ3) is 3.21. The summed E-state index contributed by atoms with van der Waals surface area (Å²) in [7, 11) is 0. The summed E-state index contributed by atoms with van der Waals surface area (Å²) in [6, 6.07) is 1.37. The summed E-state index contributed by atoms with van der Waals surface area (Å²) in [6.07, 6.45) is 6.13. The SMILES string of the molecule is C[C@@H](CCCO)NC1CCC1. The van der Waals surface area contributed by atoms with E-state index in [0.29, 0.717) is 12.6 Å². The first-order valence-electron chi connectivity index (χ1n) is 4.70. The molecule has 1 fully saturated rings. The van der Waals surface area contributed by atoms with Crippen molar-refractivity contribution in [2.75, 3.05) is 6.61 Å². The molecule has 0 heterocycles. The third-order valence-electron chi connectivity index (χ3n) is 2.42. The first-order valence-corrected chi connectivity index (χ1v) is 4.70. The molecule has 1 aliphatic carbocycles. The average molecular weight is 157 g/mol. The van der Waals surface area contributed by atoms with Gasteiger partial charge in [0.15, 0.2) is 0 Å². The Morgan fingerprint density at radius 1 is 1.55 bits per heavy atom. The van der Waals surface area contributed by atoms with Crippen LogP contribution < -0.4 is 5.32 Å². The Kier molecular flexibility index (Phi) is 3.87. The van der Waals surface area contributed by atoms with Crippen LogP contribution in [0.15, 0.2) is 0 Å². The highest BCUT2D eigenvalue weighted by Crippen LogP contribution is 2.19. The Bertz CT molecular complexity index is 102. The minimum atomic E-state index is 0.330. The van der Waals surface area contributed by atoms with E-state index < -0.39 is 0 Å². The lowest BCUT2D eigenvalue weighted by molar-refractivity contribution is 0.260. The van der Waals surface area contributed by atoms with Gasteiger partial charge in [0.2, 0.25) is 0 Å². The molecule has 0 aliphatic heterocycles. The molecule has 11 heavy (non-hydrogen) atoms. The largest absolute Gasteiger partial charge is 0.396 e. The Morgan fingerprint density at radius 2 is 2.27 bits per heavy atom. The molecule has 1 saturated carbocycles. The van der Waals surface area contributed by atoms with Gasteiger partial charge in [-0.25, -0.2) is 0 Å². The van der Waals surface area contributed by atoms with E-state index in [9.17, 15) is 0 Å². The summed E-state index contributed by atoms with van der Waals surface area (Å²) in [5.41, 5.74) is 0. The lowest BCUT2D eigenvalue weighted by Gasteiger charge is -2.29. The minimum Gasteiger partial charge on any atom is -0.396 e. The smallest absolute Gasteiger partial charge is 0.0431 e. The van der Waals surface area contributed by atoms with E-state index in [0.717, 1.165) is 18.9 Å². The lowest BCUT2D eigenvalue weighted by Crippen LogP contribution is -2.40. The number of hydrogen-bond donors (Lipinski definition) is 2. The predicted molar refractivity (Wildman–Crippen MR) is 46.6 cm³/mol.